The van der Waals surface area contributed by atoms with Gasteiger partial charge in [0.15, 0.2) is 0 Å². The molecule has 16 heavy (non-hydrogen) atoms. The van der Waals surface area contributed by atoms with Gasteiger partial charge < -0.3 is 15.5 Å². The van der Waals surface area contributed by atoms with Crippen molar-refractivity contribution in [1.82, 2.24) is 10.2 Å². The molecule has 0 aliphatic carbocycles. The Morgan fingerprint density at radius 1 is 1.31 bits per heavy atom. The Hall–Kier alpha value is -0.650. The van der Waals surface area contributed by atoms with E-state index in [1.165, 1.54) is 6.42 Å². The third-order valence-corrected chi connectivity index (χ3v) is 2.99. The van der Waals surface area contributed by atoms with Crippen molar-refractivity contribution in [3.8, 4) is 0 Å². The standard InChI is InChI=1S/C11H22N2O3/c14-7-4-10-3-1-2-6-13(10)9-11(16)12-5-8-15/h10,14-15H,1-9H2,(H,12,16). The van der Waals surface area contributed by atoms with Crippen molar-refractivity contribution in [2.75, 3.05) is 32.8 Å². The molecule has 0 spiro atoms. The molecular weight excluding hydrogens is 208 g/mol. The van der Waals surface area contributed by atoms with Crippen LogP contribution in [0.3, 0.4) is 0 Å². The predicted octanol–water partition coefficient (Wildman–Crippen LogP) is -0.668. The Labute approximate surface area is 96.4 Å². The number of aliphatic hydroxyl groups excluding tert-OH is 2. The van der Waals surface area contributed by atoms with Gasteiger partial charge in [0.25, 0.3) is 0 Å². The number of rotatable bonds is 6. The summed E-state index contributed by atoms with van der Waals surface area (Å²) in [6, 6.07) is 0.332. The van der Waals surface area contributed by atoms with Gasteiger partial charge in [-0.2, -0.15) is 0 Å². The smallest absolute Gasteiger partial charge is 0.234 e. The lowest BCUT2D eigenvalue weighted by Gasteiger charge is -2.34. The van der Waals surface area contributed by atoms with Crippen LogP contribution in [0.4, 0.5) is 0 Å². The summed E-state index contributed by atoms with van der Waals surface area (Å²) in [5.74, 6) is -0.0427. The van der Waals surface area contributed by atoms with E-state index in [-0.39, 0.29) is 19.1 Å². The second-order valence-electron chi connectivity index (χ2n) is 4.21. The van der Waals surface area contributed by atoms with E-state index >= 15 is 0 Å². The van der Waals surface area contributed by atoms with Gasteiger partial charge in [-0.3, -0.25) is 9.69 Å². The van der Waals surface area contributed by atoms with E-state index in [0.717, 1.165) is 25.8 Å². The Morgan fingerprint density at radius 3 is 2.81 bits per heavy atom. The molecule has 1 aliphatic heterocycles. The molecule has 0 aromatic heterocycles. The van der Waals surface area contributed by atoms with Gasteiger partial charge in [0.1, 0.15) is 0 Å². The van der Waals surface area contributed by atoms with Crippen molar-refractivity contribution < 1.29 is 15.0 Å². The molecule has 0 bridgehead atoms. The minimum Gasteiger partial charge on any atom is -0.396 e. The number of carbonyl (C=O) groups is 1. The maximum absolute atomic E-state index is 11.5. The highest BCUT2D eigenvalue weighted by atomic mass is 16.3. The molecule has 3 N–H and O–H groups in total. The fourth-order valence-electron chi connectivity index (χ4n) is 2.18. The third-order valence-electron chi connectivity index (χ3n) is 2.99. The molecule has 1 aliphatic rings. The fourth-order valence-corrected chi connectivity index (χ4v) is 2.18. The summed E-state index contributed by atoms with van der Waals surface area (Å²) in [6.07, 6.45) is 4.11. The number of likely N-dealkylation sites (tertiary alicyclic amines) is 1. The zero-order valence-electron chi connectivity index (χ0n) is 9.69. The van der Waals surface area contributed by atoms with E-state index < -0.39 is 0 Å². The zero-order chi connectivity index (χ0) is 11.8. The van der Waals surface area contributed by atoms with Crippen LogP contribution < -0.4 is 5.32 Å². The number of aliphatic hydroxyl groups is 2. The molecule has 1 unspecified atom stereocenters. The van der Waals surface area contributed by atoms with E-state index in [1.807, 2.05) is 0 Å². The summed E-state index contributed by atoms with van der Waals surface area (Å²) < 4.78 is 0. The van der Waals surface area contributed by atoms with Crippen LogP contribution >= 0.6 is 0 Å². The lowest BCUT2D eigenvalue weighted by molar-refractivity contribution is -0.123. The first kappa shape index (κ1) is 13.4. The predicted molar refractivity (Wildman–Crippen MR) is 61.0 cm³/mol. The minimum atomic E-state index is -0.0427. The number of carbonyl (C=O) groups excluding carboxylic acids is 1. The van der Waals surface area contributed by atoms with Crippen LogP contribution in [-0.4, -0.2) is 59.9 Å². The van der Waals surface area contributed by atoms with E-state index in [4.69, 9.17) is 10.2 Å². The van der Waals surface area contributed by atoms with Gasteiger partial charge in [0.2, 0.25) is 5.91 Å². The van der Waals surface area contributed by atoms with Crippen molar-refractivity contribution in [3.05, 3.63) is 0 Å². The van der Waals surface area contributed by atoms with Gasteiger partial charge in [-0.25, -0.2) is 0 Å². The first-order valence-corrected chi connectivity index (χ1v) is 6.00. The summed E-state index contributed by atoms with van der Waals surface area (Å²) >= 11 is 0. The van der Waals surface area contributed by atoms with Crippen LogP contribution in [0.1, 0.15) is 25.7 Å². The number of hydrogen-bond donors (Lipinski definition) is 3. The molecule has 1 atom stereocenters. The molecule has 0 saturated carbocycles. The summed E-state index contributed by atoms with van der Waals surface area (Å²) in [4.78, 5) is 13.6. The summed E-state index contributed by atoms with van der Waals surface area (Å²) in [6.45, 7) is 1.78. The average molecular weight is 230 g/mol. The Morgan fingerprint density at radius 2 is 2.12 bits per heavy atom. The van der Waals surface area contributed by atoms with Crippen LogP contribution in [0.2, 0.25) is 0 Å². The lowest BCUT2D eigenvalue weighted by Crippen LogP contribution is -2.46. The summed E-state index contributed by atoms with van der Waals surface area (Å²) in [7, 11) is 0. The molecular formula is C11H22N2O3. The molecule has 1 saturated heterocycles. The quantitative estimate of drug-likeness (QED) is 0.566. The zero-order valence-corrected chi connectivity index (χ0v) is 9.69. The van der Waals surface area contributed by atoms with Gasteiger partial charge in [-0.15, -0.1) is 0 Å². The Balaban J connectivity index is 2.33. The first-order valence-electron chi connectivity index (χ1n) is 6.00. The largest absolute Gasteiger partial charge is 0.396 e. The molecule has 1 amide bonds. The first-order chi connectivity index (χ1) is 7.77. The van der Waals surface area contributed by atoms with Crippen molar-refractivity contribution in [1.29, 1.82) is 0 Å². The number of nitrogens with one attached hydrogen (secondary N) is 1. The fraction of sp³-hybridized carbons (Fsp3) is 0.909. The summed E-state index contributed by atoms with van der Waals surface area (Å²) in [5.41, 5.74) is 0. The topological polar surface area (TPSA) is 72.8 Å². The molecule has 94 valence electrons. The Bertz CT molecular complexity index is 209. The van der Waals surface area contributed by atoms with Crippen LogP contribution in [0, 0.1) is 0 Å². The van der Waals surface area contributed by atoms with Crippen molar-refractivity contribution in [3.63, 3.8) is 0 Å². The van der Waals surface area contributed by atoms with Crippen LogP contribution in [0.5, 0.6) is 0 Å². The van der Waals surface area contributed by atoms with Crippen LogP contribution in [0.15, 0.2) is 0 Å². The van der Waals surface area contributed by atoms with Crippen LogP contribution in [-0.2, 0) is 4.79 Å². The van der Waals surface area contributed by atoms with E-state index in [0.29, 0.717) is 19.1 Å². The molecule has 0 radical (unpaired) electrons. The van der Waals surface area contributed by atoms with Gasteiger partial charge in [0.05, 0.1) is 13.2 Å². The average Bonchev–Trinajstić information content (AvgIpc) is 2.29. The molecule has 1 heterocycles. The number of piperidine rings is 1. The second kappa shape index (κ2) is 7.60. The lowest BCUT2D eigenvalue weighted by atomic mass is 10.00. The number of amides is 1. The molecule has 1 rings (SSSR count). The molecule has 5 nitrogen and oxygen atoms in total. The molecule has 0 aromatic carbocycles. The number of nitrogens with zero attached hydrogens (tertiary/aromatic N) is 1. The Kier molecular flexibility index (Phi) is 6.37. The van der Waals surface area contributed by atoms with Crippen molar-refractivity contribution in [2.24, 2.45) is 0 Å². The highest BCUT2D eigenvalue weighted by molar-refractivity contribution is 5.78. The van der Waals surface area contributed by atoms with E-state index in [9.17, 15) is 4.79 Å². The molecule has 1 fully saturated rings. The van der Waals surface area contributed by atoms with E-state index in [1.54, 1.807) is 0 Å². The maximum Gasteiger partial charge on any atom is 0.234 e. The van der Waals surface area contributed by atoms with Gasteiger partial charge in [-0.1, -0.05) is 6.42 Å². The third kappa shape index (κ3) is 4.47. The maximum atomic E-state index is 11.5. The van der Waals surface area contributed by atoms with Crippen molar-refractivity contribution >= 4 is 5.91 Å². The monoisotopic (exact) mass is 230 g/mol. The highest BCUT2D eigenvalue weighted by Gasteiger charge is 2.23. The summed E-state index contributed by atoms with van der Waals surface area (Å²) in [5, 5.41) is 20.2. The molecule has 0 aromatic rings. The number of hydrogen-bond acceptors (Lipinski definition) is 4. The van der Waals surface area contributed by atoms with Gasteiger partial charge in [-0.05, 0) is 25.8 Å². The SMILES string of the molecule is O=C(CN1CCCCC1CCO)NCCO. The minimum absolute atomic E-state index is 0.0220. The molecule has 5 heteroatoms. The van der Waals surface area contributed by atoms with Crippen molar-refractivity contribution in [2.45, 2.75) is 31.7 Å². The normalized spacial score (nSPS) is 22.0. The van der Waals surface area contributed by atoms with E-state index in [2.05, 4.69) is 10.2 Å². The second-order valence-corrected chi connectivity index (χ2v) is 4.21. The van der Waals surface area contributed by atoms with Gasteiger partial charge >= 0.3 is 0 Å². The van der Waals surface area contributed by atoms with Crippen LogP contribution in [0.25, 0.3) is 0 Å². The highest BCUT2D eigenvalue weighted by Crippen LogP contribution is 2.18. The van der Waals surface area contributed by atoms with Gasteiger partial charge in [0, 0.05) is 19.2 Å².